The number of rotatable bonds is 3. The van der Waals surface area contributed by atoms with Crippen molar-refractivity contribution in [3.63, 3.8) is 0 Å². The van der Waals surface area contributed by atoms with Crippen LogP contribution in [0.2, 0.25) is 0 Å². The molecule has 1 fully saturated rings. The Hall–Kier alpha value is -1.11. The minimum atomic E-state index is -3.92. The first kappa shape index (κ1) is 15.3. The van der Waals surface area contributed by atoms with Crippen LogP contribution >= 0.6 is 10.7 Å². The quantitative estimate of drug-likeness (QED) is 0.630. The van der Waals surface area contributed by atoms with Crippen molar-refractivity contribution < 1.29 is 22.7 Å². The molecule has 2 rings (SSSR count). The summed E-state index contributed by atoms with van der Waals surface area (Å²) in [7, 11) is 1.53. The summed E-state index contributed by atoms with van der Waals surface area (Å²) in [6.45, 7) is 5.68. The van der Waals surface area contributed by atoms with Crippen LogP contribution in [0.15, 0.2) is 11.0 Å². The lowest BCUT2D eigenvalue weighted by Crippen LogP contribution is -2.38. The summed E-state index contributed by atoms with van der Waals surface area (Å²) in [5.74, 6) is -0.546. The summed E-state index contributed by atoms with van der Waals surface area (Å²) in [5, 5.41) is 0. The maximum absolute atomic E-state index is 12.2. The third kappa shape index (κ3) is 2.82. The van der Waals surface area contributed by atoms with E-state index in [-0.39, 0.29) is 16.6 Å². The van der Waals surface area contributed by atoms with Crippen LogP contribution in [0.5, 0.6) is 0 Å². The molecule has 1 saturated heterocycles. The second-order valence-corrected chi connectivity index (χ2v) is 7.34. The summed E-state index contributed by atoms with van der Waals surface area (Å²) < 4.78 is 33.5. The fourth-order valence-corrected chi connectivity index (χ4v) is 3.97. The Morgan fingerprint density at radius 1 is 1.30 bits per heavy atom. The van der Waals surface area contributed by atoms with Gasteiger partial charge in [0.1, 0.15) is 6.10 Å². The highest BCUT2D eigenvalue weighted by Crippen LogP contribution is 2.29. The van der Waals surface area contributed by atoms with Crippen molar-refractivity contribution in [3.8, 4) is 0 Å². The van der Waals surface area contributed by atoms with Crippen LogP contribution in [0.3, 0.4) is 0 Å². The second-order valence-electron chi connectivity index (χ2n) is 4.84. The zero-order valence-electron chi connectivity index (χ0n) is 11.4. The summed E-state index contributed by atoms with van der Waals surface area (Å²) in [5.41, 5.74) is 1.75. The van der Waals surface area contributed by atoms with E-state index in [1.807, 2.05) is 0 Å². The summed E-state index contributed by atoms with van der Waals surface area (Å²) in [6, 6.07) is 1.62. The molecule has 0 unspecified atom stereocenters. The van der Waals surface area contributed by atoms with Crippen molar-refractivity contribution >= 4 is 25.7 Å². The number of carbonyl (C=O) groups excluding carboxylic acids is 1. The molecule has 0 saturated carbocycles. The van der Waals surface area contributed by atoms with Gasteiger partial charge in [0.2, 0.25) is 0 Å². The Balaban J connectivity index is 2.49. The molecular formula is C13H15ClO5S. The lowest BCUT2D eigenvalue weighted by molar-refractivity contribution is -0.103. The third-order valence-electron chi connectivity index (χ3n) is 3.23. The van der Waals surface area contributed by atoms with Gasteiger partial charge in [-0.05, 0) is 37.5 Å². The van der Waals surface area contributed by atoms with Gasteiger partial charge in [0.05, 0.1) is 23.7 Å². The van der Waals surface area contributed by atoms with Crippen LogP contribution in [0.1, 0.15) is 27.0 Å². The molecule has 0 aliphatic carbocycles. The number of hydrogen-bond acceptors (Lipinski definition) is 5. The molecule has 1 aliphatic heterocycles. The van der Waals surface area contributed by atoms with Gasteiger partial charge in [-0.1, -0.05) is 6.07 Å². The molecule has 5 nitrogen and oxygen atoms in total. The van der Waals surface area contributed by atoms with E-state index in [2.05, 4.69) is 0 Å². The lowest BCUT2D eigenvalue weighted by Gasteiger charge is -2.26. The summed E-state index contributed by atoms with van der Waals surface area (Å²) >= 11 is 0. The van der Waals surface area contributed by atoms with Crippen LogP contribution < -0.4 is 0 Å². The standard InChI is InChI=1S/C13H15ClO5S/c1-7-4-8(2)12(20(14,16)17)9(3)11(7)13(15)19-10-5-18-6-10/h4,10H,5-6H2,1-3H3. The van der Waals surface area contributed by atoms with Gasteiger partial charge in [0, 0.05) is 10.7 Å². The van der Waals surface area contributed by atoms with E-state index >= 15 is 0 Å². The van der Waals surface area contributed by atoms with Gasteiger partial charge >= 0.3 is 5.97 Å². The largest absolute Gasteiger partial charge is 0.454 e. The molecule has 0 bridgehead atoms. The zero-order valence-corrected chi connectivity index (χ0v) is 13.0. The molecule has 1 aromatic carbocycles. The smallest absolute Gasteiger partial charge is 0.339 e. The molecule has 0 aromatic heterocycles. The number of benzene rings is 1. The second kappa shape index (κ2) is 5.35. The van der Waals surface area contributed by atoms with E-state index in [9.17, 15) is 13.2 Å². The molecule has 20 heavy (non-hydrogen) atoms. The van der Waals surface area contributed by atoms with E-state index in [0.29, 0.717) is 29.9 Å². The fraction of sp³-hybridized carbons (Fsp3) is 0.462. The van der Waals surface area contributed by atoms with Crippen LogP contribution in [0.4, 0.5) is 0 Å². The minimum absolute atomic E-state index is 0.0263. The average Bonchev–Trinajstić information content (AvgIpc) is 2.20. The molecule has 7 heteroatoms. The predicted octanol–water partition coefficient (Wildman–Crippen LogP) is 2.09. The van der Waals surface area contributed by atoms with Crippen LogP contribution in [0.25, 0.3) is 0 Å². The van der Waals surface area contributed by atoms with Crippen LogP contribution in [0, 0.1) is 20.8 Å². The Morgan fingerprint density at radius 3 is 2.35 bits per heavy atom. The summed E-state index contributed by atoms with van der Waals surface area (Å²) in [4.78, 5) is 12.1. The van der Waals surface area contributed by atoms with Gasteiger partial charge in [0.25, 0.3) is 9.05 Å². The molecule has 1 aromatic rings. The third-order valence-corrected chi connectivity index (χ3v) is 4.81. The van der Waals surface area contributed by atoms with Gasteiger partial charge in [0.15, 0.2) is 0 Å². The van der Waals surface area contributed by atoms with Crippen molar-refractivity contribution in [3.05, 3.63) is 28.3 Å². The van der Waals surface area contributed by atoms with Gasteiger partial charge in [-0.3, -0.25) is 0 Å². The minimum Gasteiger partial charge on any atom is -0.454 e. The topological polar surface area (TPSA) is 69.7 Å². The number of hydrogen-bond donors (Lipinski definition) is 0. The Kier molecular flexibility index (Phi) is 4.09. The fourth-order valence-electron chi connectivity index (χ4n) is 2.35. The zero-order chi connectivity index (χ0) is 15.1. The molecule has 110 valence electrons. The number of esters is 1. The highest BCUT2D eigenvalue weighted by Gasteiger charge is 2.28. The Labute approximate surface area is 122 Å². The lowest BCUT2D eigenvalue weighted by atomic mass is 9.99. The van der Waals surface area contributed by atoms with Crippen molar-refractivity contribution in [1.29, 1.82) is 0 Å². The first-order valence-corrected chi connectivity index (χ1v) is 8.37. The number of carbonyl (C=O) groups is 1. The normalized spacial score (nSPS) is 15.8. The van der Waals surface area contributed by atoms with Crippen molar-refractivity contribution in [2.24, 2.45) is 0 Å². The maximum atomic E-state index is 12.2. The van der Waals surface area contributed by atoms with Crippen molar-refractivity contribution in [2.75, 3.05) is 13.2 Å². The van der Waals surface area contributed by atoms with E-state index in [4.69, 9.17) is 20.2 Å². The molecule has 0 amide bonds. The molecule has 0 spiro atoms. The summed E-state index contributed by atoms with van der Waals surface area (Å²) in [6.07, 6.45) is -0.265. The molecule has 1 heterocycles. The van der Waals surface area contributed by atoms with E-state index in [1.165, 1.54) is 0 Å². The molecule has 0 N–H and O–H groups in total. The first-order valence-electron chi connectivity index (χ1n) is 6.06. The van der Waals surface area contributed by atoms with E-state index in [1.54, 1.807) is 26.8 Å². The maximum Gasteiger partial charge on any atom is 0.339 e. The average molecular weight is 319 g/mol. The molecule has 0 radical (unpaired) electrons. The van der Waals surface area contributed by atoms with Gasteiger partial charge < -0.3 is 9.47 Å². The highest BCUT2D eigenvalue weighted by molar-refractivity contribution is 8.13. The first-order chi connectivity index (χ1) is 9.21. The van der Waals surface area contributed by atoms with Crippen LogP contribution in [-0.4, -0.2) is 33.7 Å². The monoisotopic (exact) mass is 318 g/mol. The predicted molar refractivity (Wildman–Crippen MR) is 73.7 cm³/mol. The molecular weight excluding hydrogens is 304 g/mol. The Morgan fingerprint density at radius 2 is 1.90 bits per heavy atom. The van der Waals surface area contributed by atoms with Gasteiger partial charge in [-0.2, -0.15) is 0 Å². The number of halogens is 1. The van der Waals surface area contributed by atoms with Crippen molar-refractivity contribution in [2.45, 2.75) is 31.8 Å². The van der Waals surface area contributed by atoms with E-state index in [0.717, 1.165) is 0 Å². The van der Waals surface area contributed by atoms with Gasteiger partial charge in [-0.15, -0.1) is 0 Å². The van der Waals surface area contributed by atoms with E-state index < -0.39 is 15.0 Å². The Bertz CT molecular complexity index is 662. The van der Waals surface area contributed by atoms with Crippen molar-refractivity contribution in [1.82, 2.24) is 0 Å². The SMILES string of the molecule is Cc1cc(C)c(S(=O)(=O)Cl)c(C)c1C(=O)OC1COC1. The molecule has 0 atom stereocenters. The molecule has 1 aliphatic rings. The highest BCUT2D eigenvalue weighted by atomic mass is 35.7. The van der Waals surface area contributed by atoms with Gasteiger partial charge in [-0.25, -0.2) is 13.2 Å². The van der Waals surface area contributed by atoms with Crippen LogP contribution in [-0.2, 0) is 18.5 Å². The number of ether oxygens (including phenoxy) is 2. The number of aryl methyl sites for hydroxylation is 2.